The summed E-state index contributed by atoms with van der Waals surface area (Å²) >= 11 is 0. The Labute approximate surface area is 182 Å². The molecule has 0 radical (unpaired) electrons. The topological polar surface area (TPSA) is 51.2 Å². The summed E-state index contributed by atoms with van der Waals surface area (Å²) in [5.41, 5.74) is 2.86. The normalized spacial score (nSPS) is 16.6. The van der Waals surface area contributed by atoms with Gasteiger partial charge in [0.05, 0.1) is 25.8 Å². The average Bonchev–Trinajstić information content (AvgIpc) is 2.62. The Morgan fingerprint density at radius 3 is 1.77 bits per heavy atom. The van der Waals surface area contributed by atoms with E-state index in [2.05, 4.69) is 65.8 Å². The van der Waals surface area contributed by atoms with Gasteiger partial charge in [-0.1, -0.05) is 65.8 Å². The van der Waals surface area contributed by atoms with Crippen LogP contribution in [0, 0.1) is 10.8 Å². The molecule has 0 bridgehead atoms. The molecule has 0 spiro atoms. The van der Waals surface area contributed by atoms with Gasteiger partial charge in [0.25, 0.3) is 0 Å². The third-order valence-electron chi connectivity index (χ3n) is 5.49. The van der Waals surface area contributed by atoms with Gasteiger partial charge in [-0.05, 0) is 27.9 Å². The van der Waals surface area contributed by atoms with E-state index >= 15 is 0 Å². The third kappa shape index (κ3) is 6.43. The molecule has 1 aliphatic heterocycles. The van der Waals surface area contributed by atoms with E-state index in [9.17, 15) is 4.79 Å². The molecule has 0 aliphatic carbocycles. The second-order valence-corrected chi connectivity index (χ2v) is 10.4. The molecule has 1 aliphatic rings. The zero-order chi connectivity index (χ0) is 22.5. The van der Waals surface area contributed by atoms with Gasteiger partial charge < -0.3 is 14.2 Å². The summed E-state index contributed by atoms with van der Waals surface area (Å²) in [6.45, 7) is 15.9. The lowest BCUT2D eigenvalue weighted by molar-refractivity contribution is -0.0592. The molecule has 0 atom stereocenters. The van der Waals surface area contributed by atoms with Crippen molar-refractivity contribution in [3.05, 3.63) is 35.4 Å². The highest BCUT2D eigenvalue weighted by Crippen LogP contribution is 2.47. The summed E-state index contributed by atoms with van der Waals surface area (Å²) in [7, 11) is 3.17. The molecule has 1 saturated heterocycles. The maximum atomic E-state index is 12.4. The van der Waals surface area contributed by atoms with E-state index in [1.165, 1.54) is 5.56 Å². The van der Waals surface area contributed by atoms with E-state index in [1.807, 2.05) is 0 Å². The second-order valence-electron chi connectivity index (χ2n) is 10.4. The first-order chi connectivity index (χ1) is 14.0. The van der Waals surface area contributed by atoms with Crippen molar-refractivity contribution < 1.29 is 19.0 Å². The fourth-order valence-electron chi connectivity index (χ4n) is 4.86. The standard InChI is InChI=1S/C24H40N2O4/c1-23(2,3)21(24(4,5)6)19-11-9-18(10-12-19)15-30-20-13-25(16-28-7)22(27)26(14-20)17-29-8/h9-12,20-21H,13-17H2,1-8H3. The van der Waals surface area contributed by atoms with E-state index in [4.69, 9.17) is 14.2 Å². The van der Waals surface area contributed by atoms with Gasteiger partial charge in [-0.2, -0.15) is 0 Å². The number of amides is 2. The molecule has 0 unspecified atom stereocenters. The zero-order valence-electron chi connectivity index (χ0n) is 20.0. The Bertz CT molecular complexity index is 644. The van der Waals surface area contributed by atoms with E-state index < -0.39 is 0 Å². The van der Waals surface area contributed by atoms with Gasteiger partial charge in [-0.25, -0.2) is 4.79 Å². The van der Waals surface area contributed by atoms with Gasteiger partial charge in [0.1, 0.15) is 13.5 Å². The molecule has 0 aromatic heterocycles. The Morgan fingerprint density at radius 1 is 0.900 bits per heavy atom. The minimum atomic E-state index is -0.0930. The molecule has 1 heterocycles. The first-order valence-corrected chi connectivity index (χ1v) is 10.7. The van der Waals surface area contributed by atoms with Crippen LogP contribution in [0.4, 0.5) is 4.79 Å². The zero-order valence-corrected chi connectivity index (χ0v) is 20.0. The quantitative estimate of drug-likeness (QED) is 0.612. The van der Waals surface area contributed by atoms with Gasteiger partial charge in [-0.3, -0.25) is 9.80 Å². The van der Waals surface area contributed by atoms with E-state index in [0.29, 0.717) is 25.6 Å². The van der Waals surface area contributed by atoms with Crippen LogP contribution in [0.25, 0.3) is 0 Å². The number of carbonyl (C=O) groups is 1. The summed E-state index contributed by atoms with van der Waals surface area (Å²) in [4.78, 5) is 15.7. The molecule has 1 aromatic rings. The highest BCUT2D eigenvalue weighted by atomic mass is 16.5. The first-order valence-electron chi connectivity index (χ1n) is 10.7. The molecule has 30 heavy (non-hydrogen) atoms. The summed E-state index contributed by atoms with van der Waals surface area (Å²) < 4.78 is 16.5. The number of rotatable bonds is 8. The van der Waals surface area contributed by atoms with Crippen molar-refractivity contribution >= 4 is 6.03 Å². The molecule has 6 nitrogen and oxygen atoms in total. The molecule has 1 fully saturated rings. The number of ether oxygens (including phenoxy) is 3. The Kier molecular flexibility index (Phi) is 8.31. The predicted molar refractivity (Wildman–Crippen MR) is 119 cm³/mol. The third-order valence-corrected chi connectivity index (χ3v) is 5.49. The largest absolute Gasteiger partial charge is 0.370 e. The average molecular weight is 421 g/mol. The van der Waals surface area contributed by atoms with Crippen molar-refractivity contribution in [2.75, 3.05) is 40.8 Å². The lowest BCUT2D eigenvalue weighted by Gasteiger charge is -2.41. The van der Waals surface area contributed by atoms with Crippen LogP contribution in [0.5, 0.6) is 0 Å². The number of carbonyl (C=O) groups excluding carboxylic acids is 1. The Hall–Kier alpha value is -1.63. The van der Waals surface area contributed by atoms with Crippen LogP contribution in [-0.2, 0) is 20.8 Å². The number of hydrogen-bond donors (Lipinski definition) is 0. The number of methoxy groups -OCH3 is 2. The summed E-state index contributed by atoms with van der Waals surface area (Å²) in [6.07, 6.45) is -0.0930. The van der Waals surface area contributed by atoms with Gasteiger partial charge in [0.2, 0.25) is 0 Å². The van der Waals surface area contributed by atoms with Crippen molar-refractivity contribution in [1.82, 2.24) is 9.80 Å². The Balaban J connectivity index is 2.04. The second kappa shape index (κ2) is 10.1. The van der Waals surface area contributed by atoms with E-state index in [-0.39, 0.29) is 36.4 Å². The van der Waals surface area contributed by atoms with Gasteiger partial charge in [-0.15, -0.1) is 0 Å². The van der Waals surface area contributed by atoms with Crippen LogP contribution in [0.3, 0.4) is 0 Å². The molecule has 2 rings (SSSR count). The van der Waals surface area contributed by atoms with Crippen LogP contribution in [0.1, 0.15) is 58.6 Å². The summed E-state index contributed by atoms with van der Waals surface area (Å²) in [6, 6.07) is 8.71. The number of nitrogens with zero attached hydrogens (tertiary/aromatic N) is 2. The van der Waals surface area contributed by atoms with Crippen molar-refractivity contribution in [2.24, 2.45) is 10.8 Å². The van der Waals surface area contributed by atoms with Crippen molar-refractivity contribution in [3.63, 3.8) is 0 Å². The van der Waals surface area contributed by atoms with Gasteiger partial charge in [0, 0.05) is 14.2 Å². The lowest BCUT2D eigenvalue weighted by Crippen LogP contribution is -2.57. The van der Waals surface area contributed by atoms with Crippen LogP contribution >= 0.6 is 0 Å². The highest BCUT2D eigenvalue weighted by Gasteiger charge is 2.36. The van der Waals surface area contributed by atoms with E-state index in [0.717, 1.165) is 5.56 Å². The summed E-state index contributed by atoms with van der Waals surface area (Å²) in [5, 5.41) is 0. The lowest BCUT2D eigenvalue weighted by atomic mass is 9.63. The van der Waals surface area contributed by atoms with Gasteiger partial charge >= 0.3 is 6.03 Å². The van der Waals surface area contributed by atoms with Gasteiger partial charge in [0.15, 0.2) is 0 Å². The fraction of sp³-hybridized carbons (Fsp3) is 0.708. The smallest absolute Gasteiger partial charge is 0.323 e. The molecule has 1 aromatic carbocycles. The maximum Gasteiger partial charge on any atom is 0.323 e. The van der Waals surface area contributed by atoms with Crippen LogP contribution in [0.15, 0.2) is 24.3 Å². The number of hydrogen-bond acceptors (Lipinski definition) is 4. The highest BCUT2D eigenvalue weighted by molar-refractivity contribution is 5.75. The van der Waals surface area contributed by atoms with Crippen molar-refractivity contribution in [1.29, 1.82) is 0 Å². The molecule has 170 valence electrons. The number of benzene rings is 1. The molecule has 0 N–H and O–H groups in total. The summed E-state index contributed by atoms with van der Waals surface area (Å²) in [5.74, 6) is 0.453. The fourth-order valence-corrected chi connectivity index (χ4v) is 4.86. The number of urea groups is 1. The molecule has 2 amide bonds. The molecule has 6 heteroatoms. The van der Waals surface area contributed by atoms with Crippen molar-refractivity contribution in [2.45, 2.75) is 60.2 Å². The van der Waals surface area contributed by atoms with Crippen LogP contribution < -0.4 is 0 Å². The first kappa shape index (κ1) is 24.6. The minimum Gasteiger partial charge on any atom is -0.370 e. The maximum absolute atomic E-state index is 12.4. The van der Waals surface area contributed by atoms with E-state index in [1.54, 1.807) is 24.0 Å². The monoisotopic (exact) mass is 420 g/mol. The predicted octanol–water partition coefficient (Wildman–Crippen LogP) is 4.69. The van der Waals surface area contributed by atoms with Crippen LogP contribution in [-0.4, -0.2) is 62.7 Å². The molecule has 0 saturated carbocycles. The Morgan fingerprint density at radius 2 is 1.37 bits per heavy atom. The van der Waals surface area contributed by atoms with Crippen LogP contribution in [0.2, 0.25) is 0 Å². The minimum absolute atomic E-state index is 0.0849. The SMILES string of the molecule is COCN1CC(OCc2ccc(C(C(C)(C)C)C(C)(C)C)cc2)CN(COC)C1=O. The van der Waals surface area contributed by atoms with Crippen molar-refractivity contribution in [3.8, 4) is 0 Å². The molecular weight excluding hydrogens is 380 g/mol. The molecular formula is C24H40N2O4.